The number of likely N-dealkylation sites (tertiary alicyclic amines) is 1. The highest BCUT2D eigenvalue weighted by molar-refractivity contribution is 5.87. The summed E-state index contributed by atoms with van der Waals surface area (Å²) >= 11 is 0. The predicted molar refractivity (Wildman–Crippen MR) is 113 cm³/mol. The van der Waals surface area contributed by atoms with E-state index >= 15 is 0 Å². The molecule has 0 aliphatic carbocycles. The van der Waals surface area contributed by atoms with Crippen molar-refractivity contribution in [1.82, 2.24) is 20.0 Å². The lowest BCUT2D eigenvalue weighted by Gasteiger charge is -2.39. The van der Waals surface area contributed by atoms with Gasteiger partial charge in [0.25, 0.3) is 0 Å². The van der Waals surface area contributed by atoms with Crippen LogP contribution >= 0.6 is 0 Å². The number of hydrogen-bond acceptors (Lipinski definition) is 3. The number of nitrogens with one attached hydrogen (secondary N) is 1. The summed E-state index contributed by atoms with van der Waals surface area (Å²) < 4.78 is 1.88. The van der Waals surface area contributed by atoms with Crippen LogP contribution in [0.25, 0.3) is 5.69 Å². The molecule has 1 atom stereocenters. The first-order valence-corrected chi connectivity index (χ1v) is 10.4. The molecular formula is C24H26N4O. The highest BCUT2D eigenvalue weighted by atomic mass is 16.2. The molecule has 0 saturated carbocycles. The highest BCUT2D eigenvalue weighted by Gasteiger charge is 2.45. The average Bonchev–Trinajstić information content (AvgIpc) is 3.40. The molecule has 2 aliphatic rings. The van der Waals surface area contributed by atoms with Gasteiger partial charge in [-0.1, -0.05) is 42.5 Å². The van der Waals surface area contributed by atoms with Gasteiger partial charge >= 0.3 is 0 Å². The Kier molecular flexibility index (Phi) is 4.68. The lowest BCUT2D eigenvalue weighted by Crippen LogP contribution is -2.50. The van der Waals surface area contributed by atoms with Crippen molar-refractivity contribution in [3.63, 3.8) is 0 Å². The summed E-state index contributed by atoms with van der Waals surface area (Å²) in [5.41, 5.74) is 3.51. The van der Waals surface area contributed by atoms with Crippen LogP contribution in [0.1, 0.15) is 36.3 Å². The van der Waals surface area contributed by atoms with E-state index in [1.165, 1.54) is 5.56 Å². The molecule has 1 amide bonds. The first-order valence-electron chi connectivity index (χ1n) is 10.4. The second kappa shape index (κ2) is 7.48. The maximum atomic E-state index is 12.6. The van der Waals surface area contributed by atoms with E-state index in [1.807, 2.05) is 35.1 Å². The number of aromatic nitrogens is 2. The summed E-state index contributed by atoms with van der Waals surface area (Å²) in [6.07, 6.45) is 6.71. The number of hydrogen-bond donors (Lipinski definition) is 1. The summed E-state index contributed by atoms with van der Waals surface area (Å²) in [6, 6.07) is 20.7. The molecule has 29 heavy (non-hydrogen) atoms. The molecule has 1 spiro atoms. The number of carbonyl (C=O) groups is 1. The zero-order valence-electron chi connectivity index (χ0n) is 16.5. The molecule has 2 saturated heterocycles. The SMILES string of the molecule is O=C1NC2(CCN(Cc3ccc(-n4cccn4)cc3)CC2)C[C@H]1c1ccccc1. The molecule has 3 heterocycles. The Morgan fingerprint density at radius 3 is 2.45 bits per heavy atom. The molecule has 148 valence electrons. The summed E-state index contributed by atoms with van der Waals surface area (Å²) in [5, 5.41) is 7.63. The minimum atomic E-state index is -0.0297. The van der Waals surface area contributed by atoms with E-state index in [0.29, 0.717) is 0 Å². The first kappa shape index (κ1) is 18.1. The van der Waals surface area contributed by atoms with Gasteiger partial charge in [0.2, 0.25) is 5.91 Å². The third-order valence-electron chi connectivity index (χ3n) is 6.43. The Balaban J connectivity index is 1.19. The van der Waals surface area contributed by atoms with E-state index in [9.17, 15) is 4.79 Å². The molecule has 0 bridgehead atoms. The van der Waals surface area contributed by atoms with E-state index in [0.717, 1.165) is 50.1 Å². The van der Waals surface area contributed by atoms with Gasteiger partial charge in [-0.3, -0.25) is 9.69 Å². The van der Waals surface area contributed by atoms with Crippen LogP contribution in [0, 0.1) is 0 Å². The Morgan fingerprint density at radius 2 is 1.76 bits per heavy atom. The van der Waals surface area contributed by atoms with Crippen LogP contribution in [0.4, 0.5) is 0 Å². The molecule has 5 nitrogen and oxygen atoms in total. The standard InChI is InChI=1S/C24H26N4O/c29-23-22(20-5-2-1-3-6-20)17-24(26-23)11-15-27(16-12-24)18-19-7-9-21(10-8-19)28-14-4-13-25-28/h1-10,13-14,22H,11-12,15-18H2,(H,26,29)/t22-/m0/s1. The zero-order chi connectivity index (χ0) is 19.7. The van der Waals surface area contributed by atoms with Gasteiger partial charge in [0.1, 0.15) is 0 Å². The smallest absolute Gasteiger partial charge is 0.228 e. The Hall–Kier alpha value is -2.92. The number of rotatable bonds is 4. The number of amides is 1. The van der Waals surface area contributed by atoms with E-state index in [-0.39, 0.29) is 17.4 Å². The molecular weight excluding hydrogens is 360 g/mol. The van der Waals surface area contributed by atoms with E-state index in [4.69, 9.17) is 0 Å². The molecule has 5 heteroatoms. The predicted octanol–water partition coefficient (Wildman–Crippen LogP) is 3.51. The lowest BCUT2D eigenvalue weighted by molar-refractivity contribution is -0.121. The Morgan fingerprint density at radius 1 is 1.00 bits per heavy atom. The van der Waals surface area contributed by atoms with Crippen molar-refractivity contribution in [3.8, 4) is 5.69 Å². The fraction of sp³-hybridized carbons (Fsp3) is 0.333. The monoisotopic (exact) mass is 386 g/mol. The summed E-state index contributed by atoms with van der Waals surface area (Å²) in [7, 11) is 0. The van der Waals surface area contributed by atoms with Gasteiger partial charge in [-0.25, -0.2) is 4.68 Å². The van der Waals surface area contributed by atoms with Crippen LogP contribution in [0.2, 0.25) is 0 Å². The van der Waals surface area contributed by atoms with Crippen LogP contribution < -0.4 is 5.32 Å². The van der Waals surface area contributed by atoms with E-state index in [1.54, 1.807) is 6.20 Å². The number of piperidine rings is 1. The van der Waals surface area contributed by atoms with Gasteiger partial charge in [0, 0.05) is 37.6 Å². The molecule has 2 aromatic carbocycles. The minimum absolute atomic E-state index is 0.00223. The van der Waals surface area contributed by atoms with Crippen LogP contribution in [0.3, 0.4) is 0 Å². The summed E-state index contributed by atoms with van der Waals surface area (Å²) in [5.74, 6) is 0.191. The maximum Gasteiger partial charge on any atom is 0.228 e. The van der Waals surface area contributed by atoms with Gasteiger partial charge in [0.05, 0.1) is 11.6 Å². The minimum Gasteiger partial charge on any atom is -0.350 e. The second-order valence-corrected chi connectivity index (χ2v) is 8.33. The third-order valence-corrected chi connectivity index (χ3v) is 6.43. The fourth-order valence-electron chi connectivity index (χ4n) is 4.74. The van der Waals surface area contributed by atoms with Crippen LogP contribution in [-0.4, -0.2) is 39.2 Å². The Labute approximate surface area is 171 Å². The molecule has 2 fully saturated rings. The molecule has 5 rings (SSSR count). The largest absolute Gasteiger partial charge is 0.350 e. The topological polar surface area (TPSA) is 50.2 Å². The molecule has 0 radical (unpaired) electrons. The maximum absolute atomic E-state index is 12.6. The molecule has 0 unspecified atom stereocenters. The van der Waals surface area contributed by atoms with Crippen molar-refractivity contribution in [2.75, 3.05) is 13.1 Å². The number of nitrogens with zero attached hydrogens (tertiary/aromatic N) is 3. The third kappa shape index (κ3) is 3.70. The van der Waals surface area contributed by atoms with Crippen molar-refractivity contribution in [1.29, 1.82) is 0 Å². The summed E-state index contributed by atoms with van der Waals surface area (Å²) in [4.78, 5) is 15.1. The van der Waals surface area contributed by atoms with Crippen LogP contribution in [0.15, 0.2) is 73.1 Å². The van der Waals surface area contributed by atoms with Crippen molar-refractivity contribution >= 4 is 5.91 Å². The number of carbonyl (C=O) groups excluding carboxylic acids is 1. The fourth-order valence-corrected chi connectivity index (χ4v) is 4.74. The average molecular weight is 386 g/mol. The highest BCUT2D eigenvalue weighted by Crippen LogP contribution is 2.39. The van der Waals surface area contributed by atoms with Crippen molar-refractivity contribution < 1.29 is 4.79 Å². The molecule has 3 aromatic rings. The van der Waals surface area contributed by atoms with Gasteiger partial charge < -0.3 is 5.32 Å². The molecule has 2 aliphatic heterocycles. The molecule has 1 aromatic heterocycles. The normalized spacial score (nSPS) is 21.4. The second-order valence-electron chi connectivity index (χ2n) is 8.33. The van der Waals surface area contributed by atoms with Gasteiger partial charge in [-0.15, -0.1) is 0 Å². The van der Waals surface area contributed by atoms with Crippen LogP contribution in [-0.2, 0) is 11.3 Å². The van der Waals surface area contributed by atoms with Crippen molar-refractivity contribution in [2.45, 2.75) is 37.3 Å². The zero-order valence-corrected chi connectivity index (χ0v) is 16.5. The molecule has 1 N–H and O–H groups in total. The summed E-state index contributed by atoms with van der Waals surface area (Å²) in [6.45, 7) is 2.98. The van der Waals surface area contributed by atoms with Crippen molar-refractivity contribution in [3.05, 3.63) is 84.2 Å². The first-order chi connectivity index (χ1) is 14.2. The number of benzene rings is 2. The van der Waals surface area contributed by atoms with Gasteiger partial charge in [0.15, 0.2) is 0 Å². The van der Waals surface area contributed by atoms with E-state index < -0.39 is 0 Å². The van der Waals surface area contributed by atoms with Crippen molar-refractivity contribution in [2.24, 2.45) is 0 Å². The van der Waals surface area contributed by atoms with Gasteiger partial charge in [-0.2, -0.15) is 5.10 Å². The van der Waals surface area contributed by atoms with E-state index in [2.05, 4.69) is 51.7 Å². The van der Waals surface area contributed by atoms with Crippen LogP contribution in [0.5, 0.6) is 0 Å². The Bertz CT molecular complexity index is 958. The lowest BCUT2D eigenvalue weighted by atomic mass is 9.82. The quantitative estimate of drug-likeness (QED) is 0.747. The van der Waals surface area contributed by atoms with Gasteiger partial charge in [-0.05, 0) is 48.6 Å².